The van der Waals surface area contributed by atoms with E-state index in [0.29, 0.717) is 6.04 Å². The number of nitrogens with one attached hydrogen (secondary N) is 1. The molecule has 0 spiro atoms. The lowest BCUT2D eigenvalue weighted by atomic mass is 10.0. The van der Waals surface area contributed by atoms with Gasteiger partial charge < -0.3 is 5.32 Å². The van der Waals surface area contributed by atoms with Crippen molar-refractivity contribution >= 4 is 5.82 Å². The van der Waals surface area contributed by atoms with E-state index in [4.69, 9.17) is 5.10 Å². The second kappa shape index (κ2) is 3.54. The second-order valence-corrected chi connectivity index (χ2v) is 4.85. The van der Waals surface area contributed by atoms with Gasteiger partial charge in [-0.3, -0.25) is 0 Å². The van der Waals surface area contributed by atoms with Gasteiger partial charge in [0, 0.05) is 12.6 Å². The molecule has 1 aliphatic carbocycles. The van der Waals surface area contributed by atoms with Gasteiger partial charge in [-0.15, -0.1) is 0 Å². The number of hydrogen-bond acceptors (Lipinski definition) is 2. The Balaban J connectivity index is 1.92. The fourth-order valence-electron chi connectivity index (χ4n) is 3.02. The van der Waals surface area contributed by atoms with E-state index in [9.17, 15) is 0 Å². The molecule has 1 fully saturated rings. The van der Waals surface area contributed by atoms with Crippen LogP contribution < -0.4 is 5.32 Å². The molecule has 3 nitrogen and oxygen atoms in total. The Labute approximate surface area is 90.9 Å². The zero-order valence-corrected chi connectivity index (χ0v) is 9.37. The van der Waals surface area contributed by atoms with Gasteiger partial charge >= 0.3 is 0 Å². The first-order valence-electron chi connectivity index (χ1n) is 6.21. The first-order valence-corrected chi connectivity index (χ1v) is 6.21. The van der Waals surface area contributed by atoms with Gasteiger partial charge in [-0.05, 0) is 25.2 Å². The van der Waals surface area contributed by atoms with Crippen LogP contribution in [0.3, 0.4) is 0 Å². The molecule has 1 aromatic heterocycles. The van der Waals surface area contributed by atoms with Crippen molar-refractivity contribution in [2.24, 2.45) is 5.92 Å². The maximum Gasteiger partial charge on any atom is 0.124 e. The number of aryl methyl sites for hydroxylation is 1. The molecule has 2 heterocycles. The number of rotatable bonds is 2. The van der Waals surface area contributed by atoms with E-state index >= 15 is 0 Å². The van der Waals surface area contributed by atoms with E-state index in [1.54, 1.807) is 0 Å². The van der Waals surface area contributed by atoms with E-state index in [1.165, 1.54) is 37.2 Å². The summed E-state index contributed by atoms with van der Waals surface area (Å²) in [4.78, 5) is 0. The van der Waals surface area contributed by atoms with E-state index < -0.39 is 0 Å². The Morgan fingerprint density at radius 3 is 3.33 bits per heavy atom. The molecule has 1 saturated carbocycles. The van der Waals surface area contributed by atoms with Crippen molar-refractivity contribution in [1.29, 1.82) is 0 Å². The van der Waals surface area contributed by atoms with Gasteiger partial charge in [0.15, 0.2) is 0 Å². The highest BCUT2D eigenvalue weighted by molar-refractivity contribution is 5.40. The SMILES string of the molecule is CCCc1cc2n(n1)C1CCCC1CN2. The quantitative estimate of drug-likeness (QED) is 0.804. The number of aromatic nitrogens is 2. The molecule has 0 aromatic carbocycles. The Hall–Kier alpha value is -0.990. The summed E-state index contributed by atoms with van der Waals surface area (Å²) in [5.74, 6) is 2.08. The predicted molar refractivity (Wildman–Crippen MR) is 61.1 cm³/mol. The maximum absolute atomic E-state index is 4.74. The lowest BCUT2D eigenvalue weighted by Crippen LogP contribution is -2.29. The molecule has 0 radical (unpaired) electrons. The van der Waals surface area contributed by atoms with E-state index in [2.05, 4.69) is 23.0 Å². The fraction of sp³-hybridized carbons (Fsp3) is 0.750. The Morgan fingerprint density at radius 1 is 1.53 bits per heavy atom. The molecule has 0 amide bonds. The van der Waals surface area contributed by atoms with Crippen molar-refractivity contribution in [1.82, 2.24) is 9.78 Å². The van der Waals surface area contributed by atoms with Crippen molar-refractivity contribution in [3.8, 4) is 0 Å². The van der Waals surface area contributed by atoms with Crippen molar-refractivity contribution < 1.29 is 0 Å². The molecule has 2 aliphatic rings. The van der Waals surface area contributed by atoms with Crippen LogP contribution in [-0.2, 0) is 6.42 Å². The maximum atomic E-state index is 4.74. The Morgan fingerprint density at radius 2 is 2.47 bits per heavy atom. The minimum atomic E-state index is 0.687. The van der Waals surface area contributed by atoms with Crippen LogP contribution in [0.5, 0.6) is 0 Å². The van der Waals surface area contributed by atoms with Crippen molar-refractivity contribution in [2.45, 2.75) is 45.1 Å². The average molecular weight is 205 g/mol. The highest BCUT2D eigenvalue weighted by Crippen LogP contribution is 2.40. The summed E-state index contributed by atoms with van der Waals surface area (Å²) in [7, 11) is 0. The van der Waals surface area contributed by atoms with Crippen LogP contribution in [0.4, 0.5) is 5.82 Å². The topological polar surface area (TPSA) is 29.9 Å². The summed E-state index contributed by atoms with van der Waals surface area (Å²) in [6.07, 6.45) is 6.37. The van der Waals surface area contributed by atoms with Gasteiger partial charge in [-0.2, -0.15) is 5.10 Å². The Kier molecular flexibility index (Phi) is 2.19. The summed E-state index contributed by atoms with van der Waals surface area (Å²) in [5, 5.41) is 8.25. The number of hydrogen-bond donors (Lipinski definition) is 1. The fourth-order valence-corrected chi connectivity index (χ4v) is 3.02. The molecule has 2 unspecified atom stereocenters. The summed E-state index contributed by atoms with van der Waals surface area (Å²) in [6, 6.07) is 2.92. The summed E-state index contributed by atoms with van der Waals surface area (Å²) in [5.41, 5.74) is 1.26. The molecule has 1 aliphatic heterocycles. The Bertz CT molecular complexity index is 356. The van der Waals surface area contributed by atoms with Crippen molar-refractivity contribution in [3.05, 3.63) is 11.8 Å². The van der Waals surface area contributed by atoms with Crippen LogP contribution in [0.2, 0.25) is 0 Å². The minimum absolute atomic E-state index is 0.687. The lowest BCUT2D eigenvalue weighted by molar-refractivity contribution is 0.346. The normalized spacial score (nSPS) is 28.3. The average Bonchev–Trinajstić information content (AvgIpc) is 2.80. The van der Waals surface area contributed by atoms with E-state index in [0.717, 1.165) is 18.9 Å². The van der Waals surface area contributed by atoms with Gasteiger partial charge in [0.1, 0.15) is 5.82 Å². The third-order valence-electron chi connectivity index (χ3n) is 3.77. The molecule has 0 bridgehead atoms. The molecule has 2 atom stereocenters. The van der Waals surface area contributed by atoms with Crippen LogP contribution in [-0.4, -0.2) is 16.3 Å². The third-order valence-corrected chi connectivity index (χ3v) is 3.77. The van der Waals surface area contributed by atoms with E-state index in [1.807, 2.05) is 0 Å². The minimum Gasteiger partial charge on any atom is -0.370 e. The lowest BCUT2D eigenvalue weighted by Gasteiger charge is -2.28. The molecule has 3 rings (SSSR count). The predicted octanol–water partition coefficient (Wildman–Crippen LogP) is 2.60. The van der Waals surface area contributed by atoms with Gasteiger partial charge in [-0.25, -0.2) is 4.68 Å². The molecule has 15 heavy (non-hydrogen) atoms. The molecule has 1 N–H and O–H groups in total. The zero-order chi connectivity index (χ0) is 10.3. The number of anilines is 1. The molecular formula is C12H19N3. The molecule has 82 valence electrons. The summed E-state index contributed by atoms with van der Waals surface area (Å²) in [6.45, 7) is 3.37. The molecule has 1 aromatic rings. The third kappa shape index (κ3) is 1.45. The zero-order valence-electron chi connectivity index (χ0n) is 9.37. The number of fused-ring (bicyclic) bond motifs is 3. The first kappa shape index (κ1) is 9.25. The molecule has 3 heteroatoms. The largest absolute Gasteiger partial charge is 0.370 e. The standard InChI is InChI=1S/C12H19N3/c1-2-4-10-7-12-13-8-9-5-3-6-11(9)15(12)14-10/h7,9,11,13H,2-6,8H2,1H3. The highest BCUT2D eigenvalue weighted by atomic mass is 15.4. The van der Waals surface area contributed by atoms with Crippen LogP contribution in [0.15, 0.2) is 6.07 Å². The smallest absolute Gasteiger partial charge is 0.124 e. The number of nitrogens with zero attached hydrogens (tertiary/aromatic N) is 2. The van der Waals surface area contributed by atoms with Gasteiger partial charge in [0.2, 0.25) is 0 Å². The summed E-state index contributed by atoms with van der Waals surface area (Å²) >= 11 is 0. The highest BCUT2D eigenvalue weighted by Gasteiger charge is 2.34. The first-order chi connectivity index (χ1) is 7.38. The van der Waals surface area contributed by atoms with Crippen LogP contribution >= 0.6 is 0 Å². The monoisotopic (exact) mass is 205 g/mol. The van der Waals surface area contributed by atoms with Crippen LogP contribution in [0.1, 0.15) is 44.3 Å². The summed E-state index contributed by atoms with van der Waals surface area (Å²) < 4.78 is 2.26. The van der Waals surface area contributed by atoms with Crippen molar-refractivity contribution in [3.63, 3.8) is 0 Å². The van der Waals surface area contributed by atoms with Crippen LogP contribution in [0, 0.1) is 5.92 Å². The van der Waals surface area contributed by atoms with Crippen molar-refractivity contribution in [2.75, 3.05) is 11.9 Å². The van der Waals surface area contributed by atoms with Gasteiger partial charge in [0.05, 0.1) is 11.7 Å². The van der Waals surface area contributed by atoms with Gasteiger partial charge in [0.25, 0.3) is 0 Å². The van der Waals surface area contributed by atoms with E-state index in [-0.39, 0.29) is 0 Å². The second-order valence-electron chi connectivity index (χ2n) is 4.85. The molecule has 0 saturated heterocycles. The van der Waals surface area contributed by atoms with Crippen LogP contribution in [0.25, 0.3) is 0 Å². The molecular weight excluding hydrogens is 186 g/mol. The van der Waals surface area contributed by atoms with Gasteiger partial charge in [-0.1, -0.05) is 19.8 Å².